The van der Waals surface area contributed by atoms with Crippen LogP contribution in [-0.2, 0) is 11.2 Å². The fourth-order valence-corrected chi connectivity index (χ4v) is 3.46. The molecule has 0 saturated heterocycles. The van der Waals surface area contributed by atoms with Crippen molar-refractivity contribution < 1.29 is 14.6 Å². The molecule has 124 valence electrons. The number of aryl methyl sites for hydroxylation is 1. The molecule has 4 nitrogen and oxygen atoms in total. The highest BCUT2D eigenvalue weighted by molar-refractivity contribution is 7.98. The lowest BCUT2D eigenvalue weighted by Gasteiger charge is -2.11. The van der Waals surface area contributed by atoms with Crippen molar-refractivity contribution in [3.63, 3.8) is 0 Å². The highest BCUT2D eigenvalue weighted by Gasteiger charge is 2.19. The van der Waals surface area contributed by atoms with Crippen molar-refractivity contribution in [1.82, 2.24) is 4.98 Å². The number of nitrogens with one attached hydrogen (secondary N) is 1. The molecule has 3 rings (SSSR count). The van der Waals surface area contributed by atoms with Crippen LogP contribution in [0.4, 0.5) is 0 Å². The van der Waals surface area contributed by atoms with E-state index in [-0.39, 0.29) is 6.42 Å². The predicted molar refractivity (Wildman–Crippen MR) is 97.7 cm³/mol. The third-order valence-electron chi connectivity index (χ3n) is 3.74. The van der Waals surface area contributed by atoms with Gasteiger partial charge in [-0.2, -0.15) is 0 Å². The number of aromatic nitrogens is 1. The second kappa shape index (κ2) is 6.79. The fraction of sp³-hybridized carbons (Fsp3) is 0.167. The summed E-state index contributed by atoms with van der Waals surface area (Å²) in [4.78, 5) is 15.5. The minimum atomic E-state index is -0.867. The second-order valence-corrected chi connectivity index (χ2v) is 6.66. The Morgan fingerprint density at radius 3 is 2.58 bits per heavy atom. The molecule has 0 radical (unpaired) electrons. The van der Waals surface area contributed by atoms with E-state index < -0.39 is 5.97 Å². The Labute approximate surface area is 148 Å². The lowest BCUT2D eigenvalue weighted by Crippen LogP contribution is -2.02. The predicted octanol–water partition coefficient (Wildman–Crippen LogP) is 5.27. The number of benzene rings is 2. The monoisotopic (exact) mass is 361 g/mol. The minimum Gasteiger partial charge on any atom is -0.481 e. The Balaban J connectivity index is 2.17. The Hall–Kier alpha value is -2.11. The van der Waals surface area contributed by atoms with Crippen LogP contribution in [0.15, 0.2) is 41.3 Å². The van der Waals surface area contributed by atoms with Gasteiger partial charge < -0.3 is 14.8 Å². The zero-order valence-corrected chi connectivity index (χ0v) is 14.8. The van der Waals surface area contributed by atoms with E-state index in [0.717, 1.165) is 27.1 Å². The number of thioether (sulfide) groups is 1. The van der Waals surface area contributed by atoms with Gasteiger partial charge in [-0.25, -0.2) is 0 Å². The molecule has 0 aliphatic rings. The number of carboxylic acid groups (broad SMARTS) is 1. The first kappa shape index (κ1) is 16.7. The topological polar surface area (TPSA) is 62.3 Å². The molecule has 24 heavy (non-hydrogen) atoms. The average Bonchev–Trinajstić information content (AvgIpc) is 2.85. The number of carbonyl (C=O) groups is 1. The molecule has 0 aliphatic carbocycles. The highest BCUT2D eigenvalue weighted by Crippen LogP contribution is 2.39. The van der Waals surface area contributed by atoms with Crippen molar-refractivity contribution >= 4 is 40.2 Å². The maximum atomic E-state index is 11.3. The first-order valence-electron chi connectivity index (χ1n) is 7.33. The molecule has 2 N–H and O–H groups in total. The molecule has 0 bridgehead atoms. The molecule has 6 heteroatoms. The second-order valence-electron chi connectivity index (χ2n) is 5.37. The van der Waals surface area contributed by atoms with Gasteiger partial charge in [-0.15, -0.1) is 11.8 Å². The number of aromatic amines is 1. The van der Waals surface area contributed by atoms with E-state index in [1.165, 1.54) is 11.8 Å². The Bertz CT molecular complexity index is 903. The van der Waals surface area contributed by atoms with E-state index >= 15 is 0 Å². The van der Waals surface area contributed by atoms with Crippen LogP contribution in [0.25, 0.3) is 10.9 Å². The smallest absolute Gasteiger partial charge is 0.307 e. The number of hydrogen-bond acceptors (Lipinski definition) is 3. The quantitative estimate of drug-likeness (QED) is 0.607. The molecule has 0 saturated carbocycles. The average molecular weight is 362 g/mol. The largest absolute Gasteiger partial charge is 0.481 e. The molecule has 0 spiro atoms. The molecule has 0 atom stereocenters. The number of ether oxygens (including phenoxy) is 1. The molecule has 3 aromatic rings. The van der Waals surface area contributed by atoms with Gasteiger partial charge in [0.15, 0.2) is 5.75 Å². The summed E-state index contributed by atoms with van der Waals surface area (Å²) in [6, 6.07) is 11.0. The molecule has 0 unspecified atom stereocenters. The van der Waals surface area contributed by atoms with Gasteiger partial charge in [0.2, 0.25) is 0 Å². The molecular weight excluding hydrogens is 346 g/mol. The van der Waals surface area contributed by atoms with Crippen LogP contribution < -0.4 is 4.74 Å². The first-order valence-corrected chi connectivity index (χ1v) is 8.93. The van der Waals surface area contributed by atoms with Gasteiger partial charge in [0, 0.05) is 20.8 Å². The standard InChI is InChI=1S/C18H16ClNO3S/c1-10-18(23-12-5-3-11(19)4-6-12)17-13(9-16(21)22)15(24-2)8-7-14(17)20-10/h3-8,20H,9H2,1-2H3,(H,21,22). The Morgan fingerprint density at radius 2 is 1.96 bits per heavy atom. The van der Waals surface area contributed by atoms with Crippen molar-refractivity contribution in [3.8, 4) is 11.5 Å². The maximum absolute atomic E-state index is 11.3. The van der Waals surface area contributed by atoms with Gasteiger partial charge >= 0.3 is 5.97 Å². The van der Waals surface area contributed by atoms with Crippen LogP contribution in [0.5, 0.6) is 11.5 Å². The molecular formula is C18H16ClNO3S. The number of hydrogen-bond donors (Lipinski definition) is 2. The van der Waals surface area contributed by atoms with E-state index in [9.17, 15) is 9.90 Å². The van der Waals surface area contributed by atoms with Gasteiger partial charge in [0.05, 0.1) is 12.1 Å². The summed E-state index contributed by atoms with van der Waals surface area (Å²) in [6.07, 6.45) is 1.88. The van der Waals surface area contributed by atoms with E-state index in [4.69, 9.17) is 16.3 Å². The van der Waals surface area contributed by atoms with E-state index in [0.29, 0.717) is 16.5 Å². The van der Waals surface area contributed by atoms with E-state index in [1.54, 1.807) is 24.3 Å². The van der Waals surface area contributed by atoms with Gasteiger partial charge in [-0.05, 0) is 55.1 Å². The SMILES string of the molecule is CSc1ccc2[nH]c(C)c(Oc3ccc(Cl)cc3)c2c1CC(=O)O. The summed E-state index contributed by atoms with van der Waals surface area (Å²) in [7, 11) is 0. The summed E-state index contributed by atoms with van der Waals surface area (Å²) in [6.45, 7) is 1.91. The minimum absolute atomic E-state index is 0.0538. The number of rotatable bonds is 5. The summed E-state index contributed by atoms with van der Waals surface area (Å²) in [5, 5.41) is 10.7. The first-order chi connectivity index (χ1) is 11.5. The normalized spacial score (nSPS) is 11.0. The Kier molecular flexibility index (Phi) is 4.73. The van der Waals surface area contributed by atoms with Crippen molar-refractivity contribution in [2.24, 2.45) is 0 Å². The van der Waals surface area contributed by atoms with Gasteiger partial charge in [-0.3, -0.25) is 4.79 Å². The van der Waals surface area contributed by atoms with Crippen LogP contribution in [-0.4, -0.2) is 22.3 Å². The van der Waals surface area contributed by atoms with E-state index in [1.807, 2.05) is 25.3 Å². The third kappa shape index (κ3) is 3.23. The fourth-order valence-electron chi connectivity index (χ4n) is 2.70. The van der Waals surface area contributed by atoms with Crippen LogP contribution in [0, 0.1) is 6.92 Å². The van der Waals surface area contributed by atoms with Crippen LogP contribution in [0.2, 0.25) is 5.02 Å². The summed E-state index contributed by atoms with van der Waals surface area (Å²) in [5.41, 5.74) is 2.48. The number of fused-ring (bicyclic) bond motifs is 1. The van der Waals surface area contributed by atoms with Crippen molar-refractivity contribution in [1.29, 1.82) is 0 Å². The number of carboxylic acids is 1. The highest BCUT2D eigenvalue weighted by atomic mass is 35.5. The van der Waals surface area contributed by atoms with Crippen LogP contribution >= 0.6 is 23.4 Å². The molecule has 1 aromatic heterocycles. The lowest BCUT2D eigenvalue weighted by molar-refractivity contribution is -0.136. The van der Waals surface area contributed by atoms with Gasteiger partial charge in [0.25, 0.3) is 0 Å². The van der Waals surface area contributed by atoms with E-state index in [2.05, 4.69) is 4.98 Å². The zero-order valence-electron chi connectivity index (χ0n) is 13.2. The van der Waals surface area contributed by atoms with Gasteiger partial charge in [0.1, 0.15) is 5.75 Å². The number of halogens is 1. The molecule has 0 fully saturated rings. The summed E-state index contributed by atoms with van der Waals surface area (Å²) >= 11 is 7.44. The molecule has 2 aromatic carbocycles. The van der Waals surface area contributed by atoms with Crippen molar-refractivity contribution in [2.75, 3.05) is 6.26 Å². The maximum Gasteiger partial charge on any atom is 0.307 e. The zero-order chi connectivity index (χ0) is 17.3. The Morgan fingerprint density at radius 1 is 1.25 bits per heavy atom. The van der Waals surface area contributed by atoms with Crippen LogP contribution in [0.3, 0.4) is 0 Å². The summed E-state index contributed by atoms with van der Waals surface area (Å²) < 4.78 is 6.05. The number of aliphatic carboxylic acids is 1. The van der Waals surface area contributed by atoms with Crippen molar-refractivity contribution in [3.05, 3.63) is 52.7 Å². The molecule has 1 heterocycles. The van der Waals surface area contributed by atoms with Crippen LogP contribution in [0.1, 0.15) is 11.3 Å². The van der Waals surface area contributed by atoms with Gasteiger partial charge in [-0.1, -0.05) is 11.6 Å². The third-order valence-corrected chi connectivity index (χ3v) is 4.82. The molecule has 0 amide bonds. The molecule has 0 aliphatic heterocycles. The summed E-state index contributed by atoms with van der Waals surface area (Å²) in [5.74, 6) is 0.438. The van der Waals surface area contributed by atoms with Crippen molar-refractivity contribution in [2.45, 2.75) is 18.2 Å². The number of H-pyrrole nitrogens is 1. The lowest BCUT2D eigenvalue weighted by atomic mass is 10.1.